The van der Waals surface area contributed by atoms with Crippen LogP contribution < -0.4 is 0 Å². The summed E-state index contributed by atoms with van der Waals surface area (Å²) in [6.07, 6.45) is 11.4. The lowest BCUT2D eigenvalue weighted by Gasteiger charge is -2.37. The molecule has 0 aromatic heterocycles. The predicted molar refractivity (Wildman–Crippen MR) is 73.9 cm³/mol. The smallest absolute Gasteiger partial charge is 0.172 e. The van der Waals surface area contributed by atoms with Gasteiger partial charge in [0.2, 0.25) is 0 Å². The number of hydrogen-bond donors (Lipinski definition) is 0. The predicted octanol–water partition coefficient (Wildman–Crippen LogP) is 2.43. The van der Waals surface area contributed by atoms with Crippen LogP contribution in [0.15, 0.2) is 35.9 Å². The third kappa shape index (κ3) is 1.82. The molecular weight excluding hydrogens is 292 g/mol. The number of ether oxygens (including phenoxy) is 1. The molecule has 0 amide bonds. The van der Waals surface area contributed by atoms with Gasteiger partial charge in [-0.15, -0.1) is 0 Å². The van der Waals surface area contributed by atoms with E-state index in [-0.39, 0.29) is 5.01 Å². The van der Waals surface area contributed by atoms with Gasteiger partial charge in [-0.05, 0) is 53.4 Å². The van der Waals surface area contributed by atoms with Gasteiger partial charge < -0.3 is 14.5 Å². The van der Waals surface area contributed by atoms with Gasteiger partial charge in [-0.3, -0.25) is 0 Å². The standard InChI is InChI=1S/C14H17BrN2O/c15-14-6-11-2-4-17(9-13(11)18-14)12-5-10-1-3-16(7-10)8-12/h2,4,6,9-10,12,14H,1,3,5,7-8H2/t10-,12-,14?/m1/s1. The van der Waals surface area contributed by atoms with Gasteiger partial charge in [0.15, 0.2) is 5.01 Å². The van der Waals surface area contributed by atoms with E-state index in [1.54, 1.807) is 0 Å². The maximum atomic E-state index is 5.73. The van der Waals surface area contributed by atoms with E-state index in [4.69, 9.17) is 4.74 Å². The van der Waals surface area contributed by atoms with E-state index in [0.29, 0.717) is 6.04 Å². The number of allylic oxidation sites excluding steroid dienone is 1. The minimum Gasteiger partial charge on any atom is -0.473 e. The summed E-state index contributed by atoms with van der Waals surface area (Å²) in [7, 11) is 0. The molecule has 0 saturated carbocycles. The maximum Gasteiger partial charge on any atom is 0.172 e. The van der Waals surface area contributed by atoms with Crippen molar-refractivity contribution in [2.75, 3.05) is 19.6 Å². The van der Waals surface area contributed by atoms with Gasteiger partial charge >= 0.3 is 0 Å². The average molecular weight is 309 g/mol. The fourth-order valence-corrected chi connectivity index (χ4v) is 3.99. The van der Waals surface area contributed by atoms with E-state index in [2.05, 4.69) is 50.3 Å². The second-order valence-electron chi connectivity index (χ2n) is 5.65. The molecule has 4 aliphatic rings. The number of nitrogens with zero attached hydrogens (tertiary/aromatic N) is 2. The zero-order chi connectivity index (χ0) is 12.1. The van der Waals surface area contributed by atoms with Crippen molar-refractivity contribution in [1.29, 1.82) is 0 Å². The lowest BCUT2D eigenvalue weighted by molar-refractivity contribution is 0.166. The minimum atomic E-state index is 0.0367. The van der Waals surface area contributed by atoms with E-state index < -0.39 is 0 Å². The number of rotatable bonds is 1. The summed E-state index contributed by atoms with van der Waals surface area (Å²) in [6, 6.07) is 0.620. The Balaban J connectivity index is 1.54. The zero-order valence-corrected chi connectivity index (χ0v) is 11.8. The van der Waals surface area contributed by atoms with Crippen molar-refractivity contribution in [2.45, 2.75) is 23.9 Å². The first-order valence-corrected chi connectivity index (χ1v) is 7.62. The molecule has 2 fully saturated rings. The molecule has 4 aliphatic heterocycles. The molecule has 4 rings (SSSR count). The van der Waals surface area contributed by atoms with Gasteiger partial charge in [0.25, 0.3) is 0 Å². The van der Waals surface area contributed by atoms with Crippen LogP contribution in [-0.4, -0.2) is 40.5 Å². The van der Waals surface area contributed by atoms with Gasteiger partial charge in [-0.1, -0.05) is 0 Å². The molecule has 0 N–H and O–H groups in total. The lowest BCUT2D eigenvalue weighted by Crippen LogP contribution is -2.43. The van der Waals surface area contributed by atoms with Crippen molar-refractivity contribution >= 4 is 15.9 Å². The van der Waals surface area contributed by atoms with Gasteiger partial charge in [-0.25, -0.2) is 0 Å². The first-order valence-electron chi connectivity index (χ1n) is 6.71. The molecule has 0 aliphatic carbocycles. The Morgan fingerprint density at radius 2 is 2.28 bits per heavy atom. The molecule has 2 saturated heterocycles. The Labute approximate surface area is 116 Å². The monoisotopic (exact) mass is 308 g/mol. The Morgan fingerprint density at radius 1 is 1.33 bits per heavy atom. The third-order valence-corrected chi connectivity index (χ3v) is 4.84. The summed E-state index contributed by atoms with van der Waals surface area (Å²) >= 11 is 3.47. The Morgan fingerprint density at radius 3 is 3.17 bits per heavy atom. The summed E-state index contributed by atoms with van der Waals surface area (Å²) in [5, 5.41) is 0.0367. The fraction of sp³-hybridized carbons (Fsp3) is 0.571. The number of alkyl halides is 1. The van der Waals surface area contributed by atoms with Crippen molar-refractivity contribution in [3.05, 3.63) is 35.9 Å². The van der Waals surface area contributed by atoms with Crippen LogP contribution in [0.5, 0.6) is 0 Å². The molecule has 3 nitrogen and oxygen atoms in total. The summed E-state index contributed by atoms with van der Waals surface area (Å²) in [6.45, 7) is 3.80. The first kappa shape index (κ1) is 11.1. The van der Waals surface area contributed by atoms with Crippen LogP contribution in [0.3, 0.4) is 0 Å². The normalized spacial score (nSPS) is 41.3. The summed E-state index contributed by atoms with van der Waals surface area (Å²) in [5.41, 5.74) is 1.20. The van der Waals surface area contributed by atoms with Crippen LogP contribution in [0.2, 0.25) is 0 Å². The van der Waals surface area contributed by atoms with Crippen molar-refractivity contribution in [1.82, 2.24) is 9.80 Å². The van der Waals surface area contributed by atoms with E-state index in [0.717, 1.165) is 11.7 Å². The average Bonchev–Trinajstić information content (AvgIpc) is 2.89. The molecule has 0 aromatic carbocycles. The fourth-order valence-electron chi connectivity index (χ4n) is 3.51. The molecule has 2 unspecified atom stereocenters. The Hall–Kier alpha value is -0.740. The number of hydrogen-bond acceptors (Lipinski definition) is 3. The highest BCUT2D eigenvalue weighted by atomic mass is 79.9. The van der Waals surface area contributed by atoms with Crippen molar-refractivity contribution in [3.8, 4) is 0 Å². The highest BCUT2D eigenvalue weighted by Crippen LogP contribution is 2.34. The zero-order valence-electron chi connectivity index (χ0n) is 10.3. The number of halogens is 1. The first-order chi connectivity index (χ1) is 8.78. The molecule has 18 heavy (non-hydrogen) atoms. The topological polar surface area (TPSA) is 15.7 Å². The lowest BCUT2D eigenvalue weighted by atomic mass is 9.95. The van der Waals surface area contributed by atoms with E-state index in [9.17, 15) is 0 Å². The SMILES string of the molecule is BrC1C=C2C=CN([C@@H]3C[C@H]4CCN(C4)C3)C=C2O1. The highest BCUT2D eigenvalue weighted by molar-refractivity contribution is 9.09. The molecule has 0 radical (unpaired) electrons. The third-order valence-electron chi connectivity index (χ3n) is 4.39. The molecular formula is C14H17BrN2O. The van der Waals surface area contributed by atoms with Crippen LogP contribution in [-0.2, 0) is 4.74 Å². The summed E-state index contributed by atoms with van der Waals surface area (Å²) in [4.78, 5) is 4.95. The van der Waals surface area contributed by atoms with E-state index in [1.165, 1.54) is 38.0 Å². The maximum absolute atomic E-state index is 5.73. The second kappa shape index (κ2) is 4.14. The largest absolute Gasteiger partial charge is 0.473 e. The van der Waals surface area contributed by atoms with Crippen LogP contribution in [0.25, 0.3) is 0 Å². The molecule has 2 bridgehead atoms. The van der Waals surface area contributed by atoms with Crippen molar-refractivity contribution in [2.24, 2.45) is 5.92 Å². The second-order valence-corrected chi connectivity index (χ2v) is 6.55. The molecule has 4 atom stereocenters. The molecule has 0 aromatic rings. The molecule has 4 heterocycles. The Bertz CT molecular complexity index is 445. The Kier molecular flexibility index (Phi) is 2.55. The van der Waals surface area contributed by atoms with Crippen LogP contribution in [0.4, 0.5) is 0 Å². The van der Waals surface area contributed by atoms with Crippen molar-refractivity contribution < 1.29 is 4.74 Å². The van der Waals surface area contributed by atoms with E-state index >= 15 is 0 Å². The summed E-state index contributed by atoms with van der Waals surface area (Å²) < 4.78 is 5.73. The van der Waals surface area contributed by atoms with Gasteiger partial charge in [0.05, 0.1) is 0 Å². The molecule has 96 valence electrons. The van der Waals surface area contributed by atoms with E-state index in [1.807, 2.05) is 0 Å². The van der Waals surface area contributed by atoms with Crippen LogP contribution in [0, 0.1) is 5.92 Å². The van der Waals surface area contributed by atoms with Gasteiger partial charge in [0, 0.05) is 37.1 Å². The molecule has 4 heteroatoms. The van der Waals surface area contributed by atoms with Gasteiger partial charge in [0.1, 0.15) is 5.76 Å². The number of piperidine rings is 1. The van der Waals surface area contributed by atoms with Gasteiger partial charge in [-0.2, -0.15) is 0 Å². The van der Waals surface area contributed by atoms with Crippen LogP contribution >= 0.6 is 15.9 Å². The summed E-state index contributed by atoms with van der Waals surface area (Å²) in [5.74, 6) is 1.91. The quantitative estimate of drug-likeness (QED) is 0.692. The molecule has 0 spiro atoms. The highest BCUT2D eigenvalue weighted by Gasteiger charge is 2.35. The van der Waals surface area contributed by atoms with Crippen LogP contribution in [0.1, 0.15) is 12.8 Å². The number of fused-ring (bicyclic) bond motifs is 3. The van der Waals surface area contributed by atoms with Crippen molar-refractivity contribution in [3.63, 3.8) is 0 Å². The minimum absolute atomic E-state index is 0.0367.